The van der Waals surface area contributed by atoms with Crippen LogP contribution in [0.15, 0.2) is 66.7 Å². The van der Waals surface area contributed by atoms with Crippen LogP contribution in [0.3, 0.4) is 0 Å². The number of rotatable bonds is 2. The van der Waals surface area contributed by atoms with E-state index in [1.54, 1.807) is 23.1 Å². The fraction of sp³-hybridized carbons (Fsp3) is 0.286. The third kappa shape index (κ3) is 2.95. The number of thioether (sulfide) groups is 1. The molecule has 7 heteroatoms. The number of benzene rings is 3. The maximum Gasteiger partial charge on any atom is 0.269 e. The van der Waals surface area contributed by atoms with Crippen molar-refractivity contribution in [2.45, 2.75) is 43.0 Å². The molecule has 0 aromatic heterocycles. The van der Waals surface area contributed by atoms with E-state index in [1.807, 2.05) is 23.1 Å². The normalized spacial score (nSPS) is 26.5. The molecule has 1 fully saturated rings. The molecule has 3 aliphatic rings. The van der Waals surface area contributed by atoms with Crippen molar-refractivity contribution in [2.75, 3.05) is 15.6 Å². The minimum atomic E-state index is -1.18. The molecule has 0 N–H and O–H groups in total. The van der Waals surface area contributed by atoms with Crippen molar-refractivity contribution >= 4 is 58.2 Å². The van der Waals surface area contributed by atoms with Gasteiger partial charge in [-0.1, -0.05) is 78.7 Å². The molecule has 0 bridgehead atoms. The molecule has 3 aromatic carbocycles. The molecule has 2 amide bonds. The van der Waals surface area contributed by atoms with Gasteiger partial charge in [-0.05, 0) is 49.6 Å². The van der Waals surface area contributed by atoms with Crippen molar-refractivity contribution in [3.8, 4) is 0 Å². The second-order valence-corrected chi connectivity index (χ2v) is 12.3. The number of hydrogen-bond acceptors (Lipinski definition) is 3. The third-order valence-corrected chi connectivity index (χ3v) is 9.77. The molecule has 4 nitrogen and oxygen atoms in total. The van der Waals surface area contributed by atoms with Crippen molar-refractivity contribution in [1.29, 1.82) is 0 Å². The van der Waals surface area contributed by atoms with E-state index in [2.05, 4.69) is 51.1 Å². The lowest BCUT2D eigenvalue weighted by atomic mass is 9.65. The molecule has 0 aliphatic carbocycles. The Morgan fingerprint density at radius 3 is 2.26 bits per heavy atom. The highest BCUT2D eigenvalue weighted by atomic mass is 35.5. The molecule has 35 heavy (non-hydrogen) atoms. The number of fused-ring (bicyclic) bond motifs is 1. The van der Waals surface area contributed by atoms with Gasteiger partial charge in [-0.15, -0.1) is 11.8 Å². The Morgan fingerprint density at radius 1 is 0.829 bits per heavy atom. The summed E-state index contributed by atoms with van der Waals surface area (Å²) in [5.41, 5.74) is 3.92. The summed E-state index contributed by atoms with van der Waals surface area (Å²) in [5.74, 6) is 0.00432. The highest BCUT2D eigenvalue weighted by Crippen LogP contribution is 2.63. The van der Waals surface area contributed by atoms with Crippen LogP contribution in [-0.2, 0) is 19.9 Å². The lowest BCUT2D eigenvalue weighted by molar-refractivity contribution is -0.124. The summed E-state index contributed by atoms with van der Waals surface area (Å²) >= 11 is 13.9. The molecule has 2 atom stereocenters. The number of nitrogens with zero attached hydrogens (tertiary/aromatic N) is 2. The summed E-state index contributed by atoms with van der Waals surface area (Å²) in [6.07, 6.45) is 0.758. The maximum atomic E-state index is 14.5. The Balaban J connectivity index is 1.63. The Labute approximate surface area is 219 Å². The molecule has 3 heterocycles. The molecule has 6 rings (SSSR count). The molecule has 1 saturated heterocycles. The Morgan fingerprint density at radius 2 is 1.54 bits per heavy atom. The van der Waals surface area contributed by atoms with E-state index in [9.17, 15) is 9.59 Å². The predicted molar refractivity (Wildman–Crippen MR) is 144 cm³/mol. The van der Waals surface area contributed by atoms with Crippen LogP contribution in [-0.4, -0.2) is 23.1 Å². The first-order valence-electron chi connectivity index (χ1n) is 11.6. The van der Waals surface area contributed by atoms with Crippen LogP contribution in [0.4, 0.5) is 11.4 Å². The summed E-state index contributed by atoms with van der Waals surface area (Å²) in [6, 6.07) is 21.7. The molecule has 0 radical (unpaired) electrons. The van der Waals surface area contributed by atoms with Crippen molar-refractivity contribution in [1.82, 2.24) is 0 Å². The summed E-state index contributed by atoms with van der Waals surface area (Å²) in [7, 11) is 0. The monoisotopic (exact) mass is 522 g/mol. The van der Waals surface area contributed by atoms with E-state index in [1.165, 1.54) is 17.3 Å². The summed E-state index contributed by atoms with van der Waals surface area (Å²) < 4.78 is 0. The van der Waals surface area contributed by atoms with Gasteiger partial charge in [-0.25, -0.2) is 0 Å². The lowest BCUT2D eigenvalue weighted by Crippen LogP contribution is -2.58. The average Bonchev–Trinajstić information content (AvgIpc) is 3.30. The van der Waals surface area contributed by atoms with Crippen LogP contribution < -0.4 is 9.80 Å². The zero-order chi connectivity index (χ0) is 24.8. The number of halogens is 2. The minimum Gasteiger partial charge on any atom is -0.303 e. The molecule has 178 valence electrons. The molecule has 3 aliphatic heterocycles. The van der Waals surface area contributed by atoms with Crippen molar-refractivity contribution in [3.05, 3.63) is 93.5 Å². The van der Waals surface area contributed by atoms with Gasteiger partial charge in [-0.3, -0.25) is 14.5 Å². The minimum absolute atomic E-state index is 0.0815. The van der Waals surface area contributed by atoms with Crippen LogP contribution in [0.1, 0.15) is 43.9 Å². The highest BCUT2D eigenvalue weighted by Gasteiger charge is 2.65. The largest absolute Gasteiger partial charge is 0.303 e. The zero-order valence-corrected chi connectivity index (χ0v) is 22.0. The van der Waals surface area contributed by atoms with Crippen LogP contribution in [0.5, 0.6) is 0 Å². The molecule has 3 aromatic rings. The Bertz CT molecular complexity index is 1410. The topological polar surface area (TPSA) is 40.6 Å². The number of anilines is 2. The van der Waals surface area contributed by atoms with Gasteiger partial charge in [0.2, 0.25) is 10.8 Å². The van der Waals surface area contributed by atoms with E-state index < -0.39 is 10.4 Å². The van der Waals surface area contributed by atoms with Crippen molar-refractivity contribution < 1.29 is 9.59 Å². The first kappa shape index (κ1) is 23.0. The number of carbonyl (C=O) groups is 2. The summed E-state index contributed by atoms with van der Waals surface area (Å²) in [5, 5.41) is 0.755. The zero-order valence-electron chi connectivity index (χ0n) is 19.6. The number of para-hydroxylation sites is 1. The summed E-state index contributed by atoms with van der Waals surface area (Å²) in [4.78, 5) is 30.2. The number of amides is 2. The fourth-order valence-corrected chi connectivity index (χ4v) is 7.95. The van der Waals surface area contributed by atoms with E-state index in [0.29, 0.717) is 15.7 Å². The Hall–Kier alpha value is -2.47. The van der Waals surface area contributed by atoms with Crippen molar-refractivity contribution in [3.63, 3.8) is 0 Å². The van der Waals surface area contributed by atoms with Gasteiger partial charge in [0.1, 0.15) is 0 Å². The van der Waals surface area contributed by atoms with Gasteiger partial charge >= 0.3 is 0 Å². The smallest absolute Gasteiger partial charge is 0.269 e. The molecular formula is C28H24Cl2N2O2S. The first-order valence-corrected chi connectivity index (χ1v) is 13.3. The standard InChI is InChI=1S/C28H24Cl2N2O2S/c1-26(2)16-27(3,17-8-5-4-6-9-17)19-10-7-11-20-24(19)32(26)25(34)28(20)31(23(33)15-35-28)18-12-13-21(29)22(30)14-18/h4-14H,15-16H2,1-3H3/t27-,28-/m1/s1. The fourth-order valence-electron chi connectivity index (χ4n) is 6.33. The number of carbonyl (C=O) groups excluding carboxylic acids is 2. The van der Waals surface area contributed by atoms with Gasteiger partial charge in [0.15, 0.2) is 0 Å². The van der Waals surface area contributed by atoms with Gasteiger partial charge in [0, 0.05) is 22.2 Å². The molecule has 0 saturated carbocycles. The van der Waals surface area contributed by atoms with Gasteiger partial charge in [0.05, 0.1) is 21.5 Å². The van der Waals surface area contributed by atoms with E-state index >= 15 is 0 Å². The SMILES string of the molecule is CC1(C)C[C@](C)(c2ccccc2)c2cccc3c2N1C(=O)[C@]31SCC(=O)N1c1ccc(Cl)c(Cl)c1. The van der Waals surface area contributed by atoms with Crippen LogP contribution in [0.25, 0.3) is 0 Å². The molecular weight excluding hydrogens is 499 g/mol. The Kier molecular flexibility index (Phi) is 4.93. The van der Waals surface area contributed by atoms with E-state index in [4.69, 9.17) is 23.2 Å². The van der Waals surface area contributed by atoms with Crippen LogP contribution in [0, 0.1) is 0 Å². The van der Waals surface area contributed by atoms with Gasteiger partial charge in [0.25, 0.3) is 5.91 Å². The molecule has 1 spiro atoms. The number of hydrogen-bond donors (Lipinski definition) is 0. The average molecular weight is 523 g/mol. The third-order valence-electron chi connectivity index (χ3n) is 7.64. The van der Waals surface area contributed by atoms with Gasteiger partial charge < -0.3 is 4.90 Å². The second kappa shape index (κ2) is 7.52. The van der Waals surface area contributed by atoms with E-state index in [0.717, 1.165) is 23.2 Å². The van der Waals surface area contributed by atoms with Crippen molar-refractivity contribution in [2.24, 2.45) is 0 Å². The molecule has 0 unspecified atom stereocenters. The second-order valence-electron chi connectivity index (χ2n) is 10.3. The first-order chi connectivity index (χ1) is 16.6. The highest BCUT2D eigenvalue weighted by molar-refractivity contribution is 8.02. The van der Waals surface area contributed by atoms with Crippen LogP contribution >= 0.6 is 35.0 Å². The maximum absolute atomic E-state index is 14.5. The van der Waals surface area contributed by atoms with Crippen LogP contribution in [0.2, 0.25) is 10.0 Å². The van der Waals surface area contributed by atoms with Gasteiger partial charge in [-0.2, -0.15) is 0 Å². The quantitative estimate of drug-likeness (QED) is 0.373. The lowest BCUT2D eigenvalue weighted by Gasteiger charge is -2.50. The van der Waals surface area contributed by atoms with E-state index in [-0.39, 0.29) is 23.0 Å². The predicted octanol–water partition coefficient (Wildman–Crippen LogP) is 6.76. The summed E-state index contributed by atoms with van der Waals surface area (Å²) in [6.45, 7) is 6.50.